The minimum absolute atomic E-state index is 0.121. The van der Waals surface area contributed by atoms with Crippen LogP contribution in [0, 0.1) is 27.9 Å². The molecule has 6 rings (SSSR count). The van der Waals surface area contributed by atoms with E-state index in [-0.39, 0.29) is 30.2 Å². The van der Waals surface area contributed by atoms with Gasteiger partial charge in [0.15, 0.2) is 0 Å². The van der Waals surface area contributed by atoms with Crippen molar-refractivity contribution in [2.45, 2.75) is 18.9 Å². The predicted molar refractivity (Wildman–Crippen MR) is 142 cm³/mol. The van der Waals surface area contributed by atoms with Crippen molar-refractivity contribution in [3.8, 4) is 5.75 Å². The number of amides is 2. The number of ether oxygens (including phenoxy) is 1. The van der Waals surface area contributed by atoms with E-state index in [1.165, 1.54) is 31.4 Å². The molecular weight excluding hydrogens is 503 g/mol. The van der Waals surface area contributed by atoms with E-state index in [0.717, 1.165) is 15.8 Å². The van der Waals surface area contributed by atoms with Crippen molar-refractivity contribution in [3.05, 3.63) is 87.4 Å². The highest BCUT2D eigenvalue weighted by Crippen LogP contribution is 2.52. The van der Waals surface area contributed by atoms with Gasteiger partial charge >= 0.3 is 7.12 Å². The second-order valence-corrected chi connectivity index (χ2v) is 10.2. The van der Waals surface area contributed by atoms with Crippen LogP contribution in [0.5, 0.6) is 5.75 Å². The van der Waals surface area contributed by atoms with Gasteiger partial charge in [-0.15, -0.1) is 0 Å². The van der Waals surface area contributed by atoms with Gasteiger partial charge in [-0.1, -0.05) is 36.4 Å². The molecule has 10 nitrogen and oxygen atoms in total. The Morgan fingerprint density at radius 1 is 1.08 bits per heavy atom. The van der Waals surface area contributed by atoms with E-state index in [4.69, 9.17) is 9.39 Å². The van der Waals surface area contributed by atoms with Crippen molar-refractivity contribution >= 4 is 41.1 Å². The summed E-state index contributed by atoms with van der Waals surface area (Å²) >= 11 is 0. The van der Waals surface area contributed by atoms with Crippen molar-refractivity contribution in [1.29, 1.82) is 0 Å². The monoisotopic (exact) mass is 528 g/mol. The minimum atomic E-state index is -1.32. The van der Waals surface area contributed by atoms with Crippen LogP contribution in [0.2, 0.25) is 0 Å². The standard InChI is InChI=1S/C28H25BN2O8/c1-38-14-15-11-22-25(28(34)30(27(22)33)16-5-4-6-17(12-16)31(36)37)21-13-24(39-29(35)26(15)21)20-9-10-23(32)19-8-3-2-7-18(19)20/h2-10,12,21-22,24-25,32,35H,11,13-14H2,1H3/t21-,22-,24-,25+/m0/s1. The Labute approximate surface area is 223 Å². The summed E-state index contributed by atoms with van der Waals surface area (Å²) in [5, 5.41) is 34.4. The third kappa shape index (κ3) is 4.01. The molecule has 0 bridgehead atoms. The minimum Gasteiger partial charge on any atom is -0.507 e. The second kappa shape index (κ2) is 9.60. The topological polar surface area (TPSA) is 139 Å². The summed E-state index contributed by atoms with van der Waals surface area (Å²) in [5.74, 6) is -2.74. The molecule has 2 aliphatic heterocycles. The molecule has 3 aromatic rings. The Hall–Kier alpha value is -4.06. The van der Waals surface area contributed by atoms with E-state index in [1.54, 1.807) is 18.2 Å². The Morgan fingerprint density at radius 2 is 1.85 bits per heavy atom. The van der Waals surface area contributed by atoms with Crippen LogP contribution in [0.1, 0.15) is 24.5 Å². The van der Waals surface area contributed by atoms with Gasteiger partial charge < -0.3 is 19.5 Å². The molecule has 4 atom stereocenters. The van der Waals surface area contributed by atoms with Gasteiger partial charge in [0.25, 0.3) is 5.69 Å². The van der Waals surface area contributed by atoms with Crippen molar-refractivity contribution in [1.82, 2.24) is 0 Å². The van der Waals surface area contributed by atoms with Crippen LogP contribution in [-0.2, 0) is 19.0 Å². The summed E-state index contributed by atoms with van der Waals surface area (Å²) in [5.41, 5.74) is 1.95. The normalized spacial score (nSPS) is 24.8. The number of methoxy groups -OCH3 is 1. The third-order valence-corrected chi connectivity index (χ3v) is 8.11. The maximum atomic E-state index is 13.9. The maximum Gasteiger partial charge on any atom is 0.487 e. The number of carbonyl (C=O) groups is 2. The highest BCUT2D eigenvalue weighted by atomic mass is 16.6. The van der Waals surface area contributed by atoms with Crippen LogP contribution in [0.25, 0.3) is 10.8 Å². The van der Waals surface area contributed by atoms with Crippen molar-refractivity contribution in [2.75, 3.05) is 18.6 Å². The number of phenolic OH excluding ortho intramolecular Hbond substituents is 1. The number of nitro groups is 1. The van der Waals surface area contributed by atoms with Crippen LogP contribution < -0.4 is 4.90 Å². The molecule has 0 aromatic heterocycles. The molecule has 11 heteroatoms. The van der Waals surface area contributed by atoms with Crippen molar-refractivity contribution in [2.24, 2.45) is 17.8 Å². The zero-order valence-electron chi connectivity index (χ0n) is 21.0. The molecule has 2 fully saturated rings. The van der Waals surface area contributed by atoms with Gasteiger partial charge in [-0.25, -0.2) is 4.90 Å². The van der Waals surface area contributed by atoms with E-state index in [2.05, 4.69) is 0 Å². The molecule has 0 spiro atoms. The fraction of sp³-hybridized carbons (Fsp3) is 0.286. The first-order valence-electron chi connectivity index (χ1n) is 12.7. The summed E-state index contributed by atoms with van der Waals surface area (Å²) in [7, 11) is 0.204. The number of imide groups is 1. The number of allylic oxidation sites excluding steroid dienone is 1. The Morgan fingerprint density at radius 3 is 2.59 bits per heavy atom. The maximum absolute atomic E-state index is 13.9. The first-order chi connectivity index (χ1) is 18.8. The molecule has 2 amide bonds. The number of carbonyl (C=O) groups excluding carboxylic acids is 2. The summed E-state index contributed by atoms with van der Waals surface area (Å²) in [6.07, 6.45) is -0.0816. The number of non-ortho nitro benzene ring substituents is 1. The lowest BCUT2D eigenvalue weighted by Crippen LogP contribution is -2.45. The zero-order chi connectivity index (χ0) is 27.4. The van der Waals surface area contributed by atoms with Crippen LogP contribution in [0.3, 0.4) is 0 Å². The fourth-order valence-corrected chi connectivity index (χ4v) is 6.51. The first-order valence-corrected chi connectivity index (χ1v) is 12.7. The van der Waals surface area contributed by atoms with Gasteiger partial charge in [-0.3, -0.25) is 19.7 Å². The molecule has 0 radical (unpaired) electrons. The molecule has 3 aromatic carbocycles. The molecule has 39 heavy (non-hydrogen) atoms. The number of aromatic hydroxyl groups is 1. The van der Waals surface area contributed by atoms with E-state index >= 15 is 0 Å². The van der Waals surface area contributed by atoms with Crippen molar-refractivity contribution < 1.29 is 34.0 Å². The quantitative estimate of drug-likeness (QED) is 0.221. The molecule has 198 valence electrons. The van der Waals surface area contributed by atoms with Crippen LogP contribution in [0.4, 0.5) is 11.4 Å². The molecular formula is C28H25BN2O8. The molecule has 2 saturated heterocycles. The SMILES string of the molecule is COCC1=C2B(O)O[C@H](c3ccc(O)c4ccccc34)C[C@H]2[C@H]2C(=O)N(c3cccc([N+](=O)[O-])c3)C(=O)[C@H]2C1. The number of benzene rings is 3. The lowest BCUT2D eigenvalue weighted by molar-refractivity contribution is -0.384. The molecule has 2 heterocycles. The van der Waals surface area contributed by atoms with E-state index < -0.39 is 47.7 Å². The van der Waals surface area contributed by atoms with Gasteiger partial charge in [0.05, 0.1) is 35.2 Å². The van der Waals surface area contributed by atoms with Gasteiger partial charge in [-0.05, 0) is 52.9 Å². The Balaban J connectivity index is 1.42. The zero-order valence-corrected chi connectivity index (χ0v) is 21.0. The number of phenols is 1. The molecule has 0 saturated carbocycles. The third-order valence-electron chi connectivity index (χ3n) is 8.11. The van der Waals surface area contributed by atoms with Gasteiger partial charge in [-0.2, -0.15) is 0 Å². The lowest BCUT2D eigenvalue weighted by Gasteiger charge is -2.42. The molecule has 1 aliphatic carbocycles. The second-order valence-electron chi connectivity index (χ2n) is 10.2. The fourth-order valence-electron chi connectivity index (χ4n) is 6.51. The van der Waals surface area contributed by atoms with E-state index in [0.29, 0.717) is 22.9 Å². The van der Waals surface area contributed by atoms with Crippen molar-refractivity contribution in [3.63, 3.8) is 0 Å². The molecule has 0 unspecified atom stereocenters. The highest BCUT2D eigenvalue weighted by Gasteiger charge is 2.58. The van der Waals surface area contributed by atoms with Gasteiger partial charge in [0, 0.05) is 24.6 Å². The summed E-state index contributed by atoms with van der Waals surface area (Å²) in [4.78, 5) is 39.4. The number of hydrogen-bond donors (Lipinski definition) is 2. The molecule has 2 N–H and O–H groups in total. The van der Waals surface area contributed by atoms with Crippen LogP contribution >= 0.6 is 0 Å². The molecule has 3 aliphatic rings. The number of fused-ring (bicyclic) bond motifs is 4. The number of nitro benzene ring substituents is 1. The van der Waals surface area contributed by atoms with E-state index in [9.17, 15) is 29.8 Å². The summed E-state index contributed by atoms with van der Waals surface area (Å²) < 4.78 is 11.5. The largest absolute Gasteiger partial charge is 0.507 e. The van der Waals surface area contributed by atoms with Gasteiger partial charge in [0.2, 0.25) is 11.8 Å². The average Bonchev–Trinajstić information content (AvgIpc) is 3.18. The highest BCUT2D eigenvalue weighted by molar-refractivity contribution is 6.53. The number of rotatable bonds is 5. The number of hydrogen-bond acceptors (Lipinski definition) is 8. The van der Waals surface area contributed by atoms with Crippen LogP contribution in [0.15, 0.2) is 71.7 Å². The Kier molecular flexibility index (Phi) is 6.21. The summed E-state index contributed by atoms with van der Waals surface area (Å²) in [6, 6.07) is 16.1. The van der Waals surface area contributed by atoms with E-state index in [1.807, 2.05) is 18.2 Å². The Bertz CT molecular complexity index is 1560. The van der Waals surface area contributed by atoms with Crippen LogP contribution in [-0.4, -0.2) is 47.7 Å². The number of nitrogens with zero attached hydrogens (tertiary/aromatic N) is 2. The first kappa shape index (κ1) is 25.2. The summed E-state index contributed by atoms with van der Waals surface area (Å²) in [6.45, 7) is 0.167. The smallest absolute Gasteiger partial charge is 0.487 e. The average molecular weight is 528 g/mol. The lowest BCUT2D eigenvalue weighted by atomic mass is 9.55. The van der Waals surface area contributed by atoms with Gasteiger partial charge in [0.1, 0.15) is 5.75 Å². The number of anilines is 1. The predicted octanol–water partition coefficient (Wildman–Crippen LogP) is 3.70.